The van der Waals surface area contributed by atoms with Gasteiger partial charge in [0.25, 0.3) is 11.8 Å². The lowest BCUT2D eigenvalue weighted by atomic mass is 10.2. The van der Waals surface area contributed by atoms with Gasteiger partial charge in [0.1, 0.15) is 12.3 Å². The van der Waals surface area contributed by atoms with E-state index in [0.717, 1.165) is 35.6 Å². The third-order valence-electron chi connectivity index (χ3n) is 3.83. The lowest BCUT2D eigenvalue weighted by Gasteiger charge is -2.16. The molecule has 0 saturated heterocycles. The van der Waals surface area contributed by atoms with Crippen LogP contribution in [0.25, 0.3) is 0 Å². The van der Waals surface area contributed by atoms with Crippen molar-refractivity contribution in [2.24, 2.45) is 0 Å². The SMILES string of the molecule is CN(CC(=O)OCC(=O)NC(=O)c1ccc(OC(F)F)cc1)S(=O)(=O)c1ccc(Cl)cc1. The number of nitrogens with zero attached hydrogens (tertiary/aromatic N) is 1. The number of hydrogen-bond acceptors (Lipinski definition) is 7. The minimum absolute atomic E-state index is 0.0277. The molecule has 32 heavy (non-hydrogen) atoms. The van der Waals surface area contributed by atoms with Gasteiger partial charge in [-0.2, -0.15) is 13.1 Å². The van der Waals surface area contributed by atoms with Crippen molar-refractivity contribution in [3.05, 3.63) is 59.1 Å². The summed E-state index contributed by atoms with van der Waals surface area (Å²) in [5.41, 5.74) is -0.0277. The van der Waals surface area contributed by atoms with Gasteiger partial charge in [0.2, 0.25) is 10.0 Å². The number of esters is 1. The van der Waals surface area contributed by atoms with Crippen molar-refractivity contribution < 1.29 is 41.1 Å². The highest BCUT2D eigenvalue weighted by molar-refractivity contribution is 7.89. The molecule has 0 fully saturated rings. The third-order valence-corrected chi connectivity index (χ3v) is 5.90. The Morgan fingerprint density at radius 2 is 1.66 bits per heavy atom. The summed E-state index contributed by atoms with van der Waals surface area (Å²) in [4.78, 5) is 35.6. The largest absolute Gasteiger partial charge is 0.455 e. The van der Waals surface area contributed by atoms with Gasteiger partial charge in [-0.15, -0.1) is 0 Å². The molecule has 0 spiro atoms. The summed E-state index contributed by atoms with van der Waals surface area (Å²) in [6.07, 6.45) is 0. The first-order valence-electron chi connectivity index (χ1n) is 8.75. The lowest BCUT2D eigenvalue weighted by Crippen LogP contribution is -2.37. The predicted octanol–water partition coefficient (Wildman–Crippen LogP) is 2.06. The number of amides is 2. The number of nitrogens with one attached hydrogen (secondary N) is 1. The number of sulfonamides is 1. The van der Waals surface area contributed by atoms with Crippen molar-refractivity contribution in [3.8, 4) is 5.75 Å². The number of ether oxygens (including phenoxy) is 2. The lowest BCUT2D eigenvalue weighted by molar-refractivity contribution is -0.148. The number of benzene rings is 2. The molecule has 0 aliphatic carbocycles. The van der Waals surface area contributed by atoms with Crippen molar-refractivity contribution in [1.29, 1.82) is 0 Å². The first kappa shape index (κ1) is 25.2. The minimum Gasteiger partial charge on any atom is -0.455 e. The molecule has 0 bridgehead atoms. The number of imide groups is 1. The van der Waals surface area contributed by atoms with Gasteiger partial charge in [0.15, 0.2) is 6.61 Å². The zero-order valence-corrected chi connectivity index (χ0v) is 18.0. The van der Waals surface area contributed by atoms with Crippen LogP contribution in [0, 0.1) is 0 Å². The molecule has 13 heteroatoms. The Bertz CT molecular complexity index is 1080. The van der Waals surface area contributed by atoms with Crippen molar-refractivity contribution in [3.63, 3.8) is 0 Å². The van der Waals surface area contributed by atoms with Gasteiger partial charge >= 0.3 is 12.6 Å². The van der Waals surface area contributed by atoms with Crippen molar-refractivity contribution in [1.82, 2.24) is 9.62 Å². The molecule has 0 aliphatic heterocycles. The molecule has 2 rings (SSSR count). The van der Waals surface area contributed by atoms with Crippen LogP contribution in [-0.4, -0.2) is 57.3 Å². The summed E-state index contributed by atoms with van der Waals surface area (Å²) in [7, 11) is -2.84. The van der Waals surface area contributed by atoms with Crippen LogP contribution in [0.4, 0.5) is 8.78 Å². The Morgan fingerprint density at radius 3 is 2.22 bits per heavy atom. The van der Waals surface area contributed by atoms with Gasteiger partial charge in [-0.3, -0.25) is 19.7 Å². The quantitative estimate of drug-likeness (QED) is 0.534. The monoisotopic (exact) mass is 490 g/mol. The van der Waals surface area contributed by atoms with Gasteiger partial charge in [-0.25, -0.2) is 8.42 Å². The van der Waals surface area contributed by atoms with E-state index in [1.54, 1.807) is 0 Å². The molecule has 0 aliphatic rings. The van der Waals surface area contributed by atoms with Crippen LogP contribution in [0.3, 0.4) is 0 Å². The predicted molar refractivity (Wildman–Crippen MR) is 108 cm³/mol. The Kier molecular flexibility index (Phi) is 8.63. The van der Waals surface area contributed by atoms with Crippen LogP contribution in [0.15, 0.2) is 53.4 Å². The molecular weight excluding hydrogens is 474 g/mol. The molecule has 172 valence electrons. The molecule has 0 heterocycles. The Hall–Kier alpha value is -3.09. The van der Waals surface area contributed by atoms with Crippen molar-refractivity contribution in [2.45, 2.75) is 11.5 Å². The second kappa shape index (κ2) is 11.0. The summed E-state index contributed by atoms with van der Waals surface area (Å²) in [5, 5.41) is 2.28. The summed E-state index contributed by atoms with van der Waals surface area (Å²) >= 11 is 5.72. The first-order chi connectivity index (χ1) is 15.0. The Labute approximate surface area is 186 Å². The van der Waals surface area contributed by atoms with Gasteiger partial charge in [0.05, 0.1) is 4.90 Å². The van der Waals surface area contributed by atoms with Crippen LogP contribution < -0.4 is 10.1 Å². The van der Waals surface area contributed by atoms with E-state index in [4.69, 9.17) is 16.3 Å². The molecule has 0 saturated carbocycles. The van der Waals surface area contributed by atoms with Crippen LogP contribution in [0.2, 0.25) is 5.02 Å². The van der Waals surface area contributed by atoms with E-state index in [1.165, 1.54) is 24.3 Å². The fourth-order valence-corrected chi connectivity index (χ4v) is 3.51. The number of halogens is 3. The number of hydrogen-bond donors (Lipinski definition) is 1. The Balaban J connectivity index is 1.83. The van der Waals surface area contributed by atoms with Crippen molar-refractivity contribution >= 4 is 39.4 Å². The van der Waals surface area contributed by atoms with Gasteiger partial charge in [0, 0.05) is 17.6 Å². The molecular formula is C19H17ClF2N2O7S. The summed E-state index contributed by atoms with van der Waals surface area (Å²) in [6.45, 7) is -4.55. The van der Waals surface area contributed by atoms with E-state index < -0.39 is 47.6 Å². The van der Waals surface area contributed by atoms with E-state index in [0.29, 0.717) is 5.02 Å². The van der Waals surface area contributed by atoms with E-state index >= 15 is 0 Å². The van der Waals surface area contributed by atoms with Crippen molar-refractivity contribution in [2.75, 3.05) is 20.2 Å². The Morgan fingerprint density at radius 1 is 1.06 bits per heavy atom. The highest BCUT2D eigenvalue weighted by Gasteiger charge is 2.24. The highest BCUT2D eigenvalue weighted by atomic mass is 35.5. The molecule has 1 N–H and O–H groups in total. The third kappa shape index (κ3) is 7.25. The average Bonchev–Trinajstić information content (AvgIpc) is 2.72. The normalized spacial score (nSPS) is 11.3. The van der Waals surface area contributed by atoms with Gasteiger partial charge in [-0.05, 0) is 48.5 Å². The van der Waals surface area contributed by atoms with E-state index in [9.17, 15) is 31.6 Å². The molecule has 2 amide bonds. The summed E-state index contributed by atoms with van der Waals surface area (Å²) in [6, 6.07) is 9.83. The number of carbonyl (C=O) groups is 3. The van der Waals surface area contributed by atoms with E-state index in [2.05, 4.69) is 4.74 Å². The van der Waals surface area contributed by atoms with E-state index in [-0.39, 0.29) is 16.2 Å². The molecule has 9 nitrogen and oxygen atoms in total. The smallest absolute Gasteiger partial charge is 0.387 e. The zero-order chi connectivity index (χ0) is 23.9. The van der Waals surface area contributed by atoms with Crippen LogP contribution in [-0.2, 0) is 24.3 Å². The second-order valence-corrected chi connectivity index (χ2v) is 8.64. The molecule has 0 unspecified atom stereocenters. The number of rotatable bonds is 9. The second-order valence-electron chi connectivity index (χ2n) is 6.16. The minimum atomic E-state index is -3.99. The number of carbonyl (C=O) groups excluding carboxylic acids is 3. The summed E-state index contributed by atoms with van der Waals surface area (Å²) < 4.78 is 58.6. The van der Waals surface area contributed by atoms with Crippen LogP contribution in [0.5, 0.6) is 5.75 Å². The van der Waals surface area contributed by atoms with Crippen LogP contribution >= 0.6 is 11.6 Å². The highest BCUT2D eigenvalue weighted by Crippen LogP contribution is 2.17. The first-order valence-corrected chi connectivity index (χ1v) is 10.6. The molecule has 2 aromatic carbocycles. The maximum atomic E-state index is 12.4. The van der Waals surface area contributed by atoms with Gasteiger partial charge < -0.3 is 9.47 Å². The fourth-order valence-electron chi connectivity index (χ4n) is 2.27. The van der Waals surface area contributed by atoms with Gasteiger partial charge in [-0.1, -0.05) is 11.6 Å². The van der Waals surface area contributed by atoms with Crippen LogP contribution in [0.1, 0.15) is 10.4 Å². The topological polar surface area (TPSA) is 119 Å². The fraction of sp³-hybridized carbons (Fsp3) is 0.211. The molecule has 2 aromatic rings. The summed E-state index contributed by atoms with van der Waals surface area (Å²) in [5.74, 6) is -3.04. The maximum Gasteiger partial charge on any atom is 0.387 e. The molecule has 0 aromatic heterocycles. The average molecular weight is 491 g/mol. The number of alkyl halides is 2. The standard InChI is InChI=1S/C19H17ClF2N2O7S/c1-24(32(28,29)15-8-4-13(20)5-9-15)10-17(26)30-11-16(25)23-18(27)12-2-6-14(7-3-12)31-19(21)22/h2-9,19H,10-11H2,1H3,(H,23,25,27). The maximum absolute atomic E-state index is 12.4. The molecule has 0 atom stereocenters. The molecule has 0 radical (unpaired) electrons. The van der Waals surface area contributed by atoms with E-state index in [1.807, 2.05) is 5.32 Å². The zero-order valence-electron chi connectivity index (χ0n) is 16.5. The number of likely N-dealkylation sites (N-methyl/N-ethyl adjacent to an activating group) is 1.